The van der Waals surface area contributed by atoms with E-state index in [-0.39, 0.29) is 24.8 Å². The number of benzene rings is 3. The van der Waals surface area contributed by atoms with Gasteiger partial charge in [-0.05, 0) is 35.4 Å². The van der Waals surface area contributed by atoms with Crippen LogP contribution in [0.5, 0.6) is 5.75 Å². The van der Waals surface area contributed by atoms with E-state index in [0.717, 1.165) is 11.1 Å². The summed E-state index contributed by atoms with van der Waals surface area (Å²) >= 11 is 0. The lowest BCUT2D eigenvalue weighted by molar-refractivity contribution is 0.0440. The summed E-state index contributed by atoms with van der Waals surface area (Å²) in [5, 5.41) is 0. The fourth-order valence-electron chi connectivity index (χ4n) is 3.00. The molecule has 154 valence electrons. The first-order chi connectivity index (χ1) is 15.2. The normalized spacial score (nSPS) is 10.5. The molecular weight excluding hydrogens is 392 g/mol. The van der Waals surface area contributed by atoms with E-state index in [0.29, 0.717) is 17.1 Å². The molecule has 0 aliphatic heterocycles. The third-order valence-electron chi connectivity index (χ3n) is 4.64. The number of Topliss-reactive ketones (excluding diaryl/α,β-unsaturated/α-hetero) is 1. The largest absolute Gasteiger partial charge is 0.486 e. The van der Waals surface area contributed by atoms with Crippen molar-refractivity contribution in [1.82, 2.24) is 0 Å². The van der Waals surface area contributed by atoms with Crippen molar-refractivity contribution < 1.29 is 23.5 Å². The topological polar surface area (TPSA) is 65.7 Å². The molecule has 0 fully saturated rings. The molecule has 0 radical (unpaired) electrons. The first-order valence-electron chi connectivity index (χ1n) is 9.81. The van der Waals surface area contributed by atoms with E-state index in [1.165, 1.54) is 6.07 Å². The van der Waals surface area contributed by atoms with Gasteiger partial charge in [0.25, 0.3) is 0 Å². The molecule has 0 saturated heterocycles. The molecule has 0 spiro atoms. The highest BCUT2D eigenvalue weighted by Gasteiger charge is 2.16. The monoisotopic (exact) mass is 412 g/mol. The van der Waals surface area contributed by atoms with E-state index in [9.17, 15) is 9.59 Å². The average Bonchev–Trinajstić information content (AvgIpc) is 3.32. The van der Waals surface area contributed by atoms with Crippen LogP contribution in [0.15, 0.2) is 101 Å². The molecule has 4 aromatic rings. The van der Waals surface area contributed by atoms with E-state index in [2.05, 4.69) is 0 Å². The van der Waals surface area contributed by atoms with Crippen LogP contribution in [0.3, 0.4) is 0 Å². The Bertz CT molecular complexity index is 1150. The summed E-state index contributed by atoms with van der Waals surface area (Å²) in [5.41, 5.74) is 2.55. The Morgan fingerprint density at radius 3 is 2.06 bits per heavy atom. The fourth-order valence-corrected chi connectivity index (χ4v) is 3.00. The second-order valence-electron chi connectivity index (χ2n) is 6.81. The Morgan fingerprint density at radius 2 is 1.35 bits per heavy atom. The summed E-state index contributed by atoms with van der Waals surface area (Å²) in [6.45, 7) is -0.177. The zero-order valence-electron chi connectivity index (χ0n) is 16.7. The lowest BCUT2D eigenvalue weighted by atomic mass is 10.0. The first kappa shape index (κ1) is 20.2. The van der Waals surface area contributed by atoms with Crippen LogP contribution in [0.1, 0.15) is 26.7 Å². The molecule has 0 aliphatic carbocycles. The molecule has 5 heteroatoms. The van der Waals surface area contributed by atoms with Gasteiger partial charge in [0.15, 0.2) is 12.4 Å². The minimum absolute atomic E-state index is 0.0267. The number of carbonyl (C=O) groups excluding carboxylic acids is 2. The molecule has 4 rings (SSSR count). The SMILES string of the molecule is O=C(COC(=O)c1ccc(COc2ccccc2)o1)c1ccc(-c2ccccc2)cc1. The number of rotatable bonds is 8. The maximum Gasteiger partial charge on any atom is 0.374 e. The van der Waals surface area contributed by atoms with E-state index in [1.807, 2.05) is 72.8 Å². The maximum absolute atomic E-state index is 12.4. The van der Waals surface area contributed by atoms with Gasteiger partial charge in [0.1, 0.15) is 18.1 Å². The molecular formula is C26H20O5. The van der Waals surface area contributed by atoms with Crippen molar-refractivity contribution in [1.29, 1.82) is 0 Å². The highest BCUT2D eigenvalue weighted by molar-refractivity contribution is 5.99. The Balaban J connectivity index is 1.29. The minimum Gasteiger partial charge on any atom is -0.486 e. The van der Waals surface area contributed by atoms with Crippen molar-refractivity contribution in [2.45, 2.75) is 6.61 Å². The van der Waals surface area contributed by atoms with Gasteiger partial charge in [0.2, 0.25) is 5.76 Å². The summed E-state index contributed by atoms with van der Waals surface area (Å²) in [5.74, 6) is 0.233. The van der Waals surface area contributed by atoms with Crippen molar-refractivity contribution in [3.8, 4) is 16.9 Å². The molecule has 0 bridgehead atoms. The Kier molecular flexibility index (Phi) is 6.24. The smallest absolute Gasteiger partial charge is 0.374 e. The van der Waals surface area contributed by atoms with Gasteiger partial charge in [-0.15, -0.1) is 0 Å². The van der Waals surface area contributed by atoms with Crippen molar-refractivity contribution in [2.75, 3.05) is 6.61 Å². The van der Waals surface area contributed by atoms with Crippen LogP contribution in [0.25, 0.3) is 11.1 Å². The summed E-state index contributed by atoms with van der Waals surface area (Å²) in [6.07, 6.45) is 0. The lowest BCUT2D eigenvalue weighted by Crippen LogP contribution is -2.13. The standard InChI is InChI=1S/C26H20O5/c27-24(21-13-11-20(12-14-21)19-7-3-1-4-8-19)18-30-26(28)25-16-15-23(31-25)17-29-22-9-5-2-6-10-22/h1-16H,17-18H2. The van der Waals surface area contributed by atoms with Gasteiger partial charge in [-0.2, -0.15) is 0 Å². The van der Waals surface area contributed by atoms with Gasteiger partial charge < -0.3 is 13.9 Å². The second-order valence-corrected chi connectivity index (χ2v) is 6.81. The average molecular weight is 412 g/mol. The molecule has 0 saturated carbocycles. The van der Waals surface area contributed by atoms with Gasteiger partial charge >= 0.3 is 5.97 Å². The number of hydrogen-bond acceptors (Lipinski definition) is 5. The fraction of sp³-hybridized carbons (Fsp3) is 0.0769. The van der Waals surface area contributed by atoms with Gasteiger partial charge in [-0.1, -0.05) is 72.8 Å². The number of ether oxygens (including phenoxy) is 2. The molecule has 1 heterocycles. The first-order valence-corrected chi connectivity index (χ1v) is 9.81. The number of hydrogen-bond donors (Lipinski definition) is 0. The van der Waals surface area contributed by atoms with E-state index in [1.54, 1.807) is 18.2 Å². The van der Waals surface area contributed by atoms with Crippen LogP contribution in [0, 0.1) is 0 Å². The van der Waals surface area contributed by atoms with Crippen molar-refractivity contribution in [3.05, 3.63) is 114 Å². The van der Waals surface area contributed by atoms with Crippen molar-refractivity contribution in [2.24, 2.45) is 0 Å². The van der Waals surface area contributed by atoms with E-state index < -0.39 is 5.97 Å². The quantitative estimate of drug-likeness (QED) is 0.280. The molecule has 0 amide bonds. The Morgan fingerprint density at radius 1 is 0.710 bits per heavy atom. The van der Waals surface area contributed by atoms with Crippen molar-refractivity contribution >= 4 is 11.8 Å². The van der Waals surface area contributed by atoms with Crippen LogP contribution < -0.4 is 4.74 Å². The van der Waals surface area contributed by atoms with Crippen LogP contribution in [0.4, 0.5) is 0 Å². The van der Waals surface area contributed by atoms with Gasteiger partial charge in [0.05, 0.1) is 0 Å². The molecule has 5 nitrogen and oxygen atoms in total. The Hall–Kier alpha value is -4.12. The number of ketones is 1. The Labute approximate surface area is 179 Å². The number of esters is 1. The predicted octanol–water partition coefficient (Wildman–Crippen LogP) is 5.57. The number of para-hydroxylation sites is 1. The second kappa shape index (κ2) is 9.59. The van der Waals surface area contributed by atoms with Gasteiger partial charge in [-0.3, -0.25) is 4.79 Å². The zero-order valence-corrected chi connectivity index (χ0v) is 16.7. The molecule has 0 unspecified atom stereocenters. The van der Waals surface area contributed by atoms with Gasteiger partial charge in [-0.25, -0.2) is 4.79 Å². The zero-order chi connectivity index (χ0) is 21.5. The minimum atomic E-state index is -0.694. The summed E-state index contributed by atoms with van der Waals surface area (Å²) in [4.78, 5) is 24.6. The highest BCUT2D eigenvalue weighted by Crippen LogP contribution is 2.20. The predicted molar refractivity (Wildman–Crippen MR) is 116 cm³/mol. The number of carbonyl (C=O) groups is 2. The van der Waals surface area contributed by atoms with E-state index >= 15 is 0 Å². The molecule has 3 aromatic carbocycles. The third-order valence-corrected chi connectivity index (χ3v) is 4.64. The third kappa shape index (κ3) is 5.28. The van der Waals surface area contributed by atoms with Crippen LogP contribution >= 0.6 is 0 Å². The summed E-state index contributed by atoms with van der Waals surface area (Å²) in [7, 11) is 0. The lowest BCUT2D eigenvalue weighted by Gasteiger charge is -2.05. The molecule has 1 aromatic heterocycles. The highest BCUT2D eigenvalue weighted by atomic mass is 16.5. The van der Waals surface area contributed by atoms with Crippen LogP contribution in [0.2, 0.25) is 0 Å². The van der Waals surface area contributed by atoms with Crippen molar-refractivity contribution in [3.63, 3.8) is 0 Å². The summed E-state index contributed by atoms with van der Waals surface area (Å²) in [6, 6.07) is 29.5. The molecule has 0 atom stereocenters. The molecule has 0 N–H and O–H groups in total. The molecule has 0 aliphatic rings. The van der Waals surface area contributed by atoms with E-state index in [4.69, 9.17) is 13.9 Å². The van der Waals surface area contributed by atoms with Crippen LogP contribution in [-0.2, 0) is 11.3 Å². The number of furan rings is 1. The van der Waals surface area contributed by atoms with Crippen LogP contribution in [-0.4, -0.2) is 18.4 Å². The maximum atomic E-state index is 12.4. The molecule has 31 heavy (non-hydrogen) atoms. The van der Waals surface area contributed by atoms with Gasteiger partial charge in [0, 0.05) is 5.56 Å². The summed E-state index contributed by atoms with van der Waals surface area (Å²) < 4.78 is 16.2.